The summed E-state index contributed by atoms with van der Waals surface area (Å²) in [6, 6.07) is 12.2. The van der Waals surface area contributed by atoms with Crippen LogP contribution in [0.5, 0.6) is 0 Å². The summed E-state index contributed by atoms with van der Waals surface area (Å²) in [4.78, 5) is 15.9. The SMILES string of the molecule is CC(=O)N1C[C@@H]2C[C@H]1CN2Cc1cc[c-]cc1.[Na+].[OH-]. The summed E-state index contributed by atoms with van der Waals surface area (Å²) in [5, 5.41) is 0. The van der Waals surface area contributed by atoms with E-state index in [1.54, 1.807) is 6.92 Å². The van der Waals surface area contributed by atoms with E-state index >= 15 is 0 Å². The Labute approximate surface area is 136 Å². The Hall–Kier alpha value is -0.390. The summed E-state index contributed by atoms with van der Waals surface area (Å²) in [5.74, 6) is 0.228. The number of rotatable bonds is 2. The van der Waals surface area contributed by atoms with Crippen molar-refractivity contribution in [1.82, 2.24) is 9.80 Å². The maximum atomic E-state index is 11.4. The average molecular weight is 269 g/mol. The Balaban J connectivity index is 0.000000902. The van der Waals surface area contributed by atoms with Crippen LogP contribution in [0.2, 0.25) is 0 Å². The van der Waals surface area contributed by atoms with Crippen molar-refractivity contribution >= 4 is 5.91 Å². The second-order valence-electron chi connectivity index (χ2n) is 5.05. The second-order valence-corrected chi connectivity index (χ2v) is 5.05. The summed E-state index contributed by atoms with van der Waals surface area (Å²) >= 11 is 0. The van der Waals surface area contributed by atoms with E-state index in [9.17, 15) is 4.79 Å². The number of benzene rings is 1. The Kier molecular flexibility index (Phi) is 6.02. The van der Waals surface area contributed by atoms with Gasteiger partial charge in [-0.2, -0.15) is 30.3 Å². The van der Waals surface area contributed by atoms with Crippen LogP contribution in [-0.4, -0.2) is 46.4 Å². The van der Waals surface area contributed by atoms with Gasteiger partial charge in [-0.15, -0.1) is 5.56 Å². The van der Waals surface area contributed by atoms with Gasteiger partial charge in [0.25, 0.3) is 0 Å². The molecule has 98 valence electrons. The Bertz CT molecular complexity index is 427. The Morgan fingerprint density at radius 1 is 1.32 bits per heavy atom. The molecule has 0 aromatic heterocycles. The van der Waals surface area contributed by atoms with Gasteiger partial charge in [-0.3, -0.25) is 9.69 Å². The van der Waals surface area contributed by atoms with E-state index in [0.29, 0.717) is 12.1 Å². The number of nitrogens with zero attached hydrogens (tertiary/aromatic N) is 2. The smallest absolute Gasteiger partial charge is 0.870 e. The quantitative estimate of drug-likeness (QED) is 0.466. The molecule has 1 N–H and O–H groups in total. The molecule has 3 rings (SSSR count). The number of carbonyl (C=O) groups is 1. The van der Waals surface area contributed by atoms with Gasteiger partial charge in [0.1, 0.15) is 0 Å². The molecule has 1 aromatic rings. The minimum absolute atomic E-state index is 0. The first-order valence-corrected chi connectivity index (χ1v) is 6.20. The first-order chi connectivity index (χ1) is 8.24. The van der Waals surface area contributed by atoms with Crippen molar-refractivity contribution in [2.24, 2.45) is 0 Å². The summed E-state index contributed by atoms with van der Waals surface area (Å²) in [6.45, 7) is 4.63. The van der Waals surface area contributed by atoms with Crippen molar-refractivity contribution < 1.29 is 39.8 Å². The zero-order valence-corrected chi connectivity index (χ0v) is 13.5. The fourth-order valence-electron chi connectivity index (χ4n) is 3.09. The van der Waals surface area contributed by atoms with Crippen molar-refractivity contribution in [3.05, 3.63) is 35.9 Å². The van der Waals surface area contributed by atoms with Crippen LogP contribution in [0.1, 0.15) is 18.9 Å². The van der Waals surface area contributed by atoms with Crippen molar-refractivity contribution in [2.75, 3.05) is 13.1 Å². The summed E-state index contributed by atoms with van der Waals surface area (Å²) < 4.78 is 0. The predicted molar refractivity (Wildman–Crippen MR) is 67.2 cm³/mol. The van der Waals surface area contributed by atoms with E-state index in [-0.39, 0.29) is 40.9 Å². The molecule has 1 aromatic carbocycles. The summed E-state index contributed by atoms with van der Waals surface area (Å²) in [5.41, 5.74) is 1.34. The number of hydrogen-bond acceptors (Lipinski definition) is 3. The van der Waals surface area contributed by atoms with Crippen LogP contribution < -0.4 is 29.6 Å². The number of hydrogen-bond donors (Lipinski definition) is 0. The van der Waals surface area contributed by atoms with E-state index in [0.717, 1.165) is 26.1 Å². The molecule has 2 atom stereocenters. The van der Waals surface area contributed by atoms with Crippen LogP contribution in [0.4, 0.5) is 0 Å². The third kappa shape index (κ3) is 3.38. The molecule has 0 radical (unpaired) electrons. The third-order valence-corrected chi connectivity index (χ3v) is 3.93. The second kappa shape index (κ2) is 6.86. The fraction of sp³-hybridized carbons (Fsp3) is 0.500. The fourth-order valence-corrected chi connectivity index (χ4v) is 3.09. The van der Waals surface area contributed by atoms with Crippen LogP contribution in [0.3, 0.4) is 0 Å². The van der Waals surface area contributed by atoms with Gasteiger partial charge < -0.3 is 10.4 Å². The minimum Gasteiger partial charge on any atom is -0.870 e. The topological polar surface area (TPSA) is 53.6 Å². The van der Waals surface area contributed by atoms with E-state index in [1.807, 2.05) is 17.0 Å². The maximum Gasteiger partial charge on any atom is 1.00 e. The minimum atomic E-state index is 0. The molecule has 5 heteroatoms. The largest absolute Gasteiger partial charge is 1.00 e. The molecule has 4 nitrogen and oxygen atoms in total. The van der Waals surface area contributed by atoms with Crippen LogP contribution >= 0.6 is 0 Å². The number of fused-ring (bicyclic) bond motifs is 2. The van der Waals surface area contributed by atoms with Crippen LogP contribution in [0.25, 0.3) is 0 Å². The van der Waals surface area contributed by atoms with E-state index in [2.05, 4.69) is 23.1 Å². The molecule has 2 aliphatic heterocycles. The van der Waals surface area contributed by atoms with Crippen molar-refractivity contribution in [2.45, 2.75) is 32.0 Å². The molecule has 0 aliphatic carbocycles. The molecule has 0 unspecified atom stereocenters. The molecule has 2 saturated heterocycles. The van der Waals surface area contributed by atoms with Gasteiger partial charge in [-0.05, 0) is 6.42 Å². The van der Waals surface area contributed by atoms with Crippen LogP contribution in [0.15, 0.2) is 24.3 Å². The zero-order valence-electron chi connectivity index (χ0n) is 11.5. The van der Waals surface area contributed by atoms with Crippen LogP contribution in [0, 0.1) is 6.07 Å². The van der Waals surface area contributed by atoms with Gasteiger partial charge in [0.15, 0.2) is 0 Å². The molecule has 2 aliphatic rings. The number of likely N-dealkylation sites (tertiary alicyclic amines) is 2. The molecular formula is C14H18N2NaO2-. The van der Waals surface area contributed by atoms with Gasteiger partial charge in [-0.25, -0.2) is 0 Å². The maximum absolute atomic E-state index is 11.4. The molecule has 0 saturated carbocycles. The summed E-state index contributed by atoms with van der Waals surface area (Å²) in [7, 11) is 0. The molecule has 2 heterocycles. The van der Waals surface area contributed by atoms with Gasteiger partial charge in [0.2, 0.25) is 5.91 Å². The van der Waals surface area contributed by atoms with Gasteiger partial charge >= 0.3 is 29.6 Å². The number of piperazine rings is 1. The standard InChI is InChI=1S/C14H17N2O.Na.H2O/c1-11(17)16-10-13-7-14(16)9-15(13)8-12-5-3-2-4-6-12;;/h3-6,13-14H,7-10H2,1H3;;1H2/q-1;+1;/p-1/t13-,14-;;/m0../s1. The predicted octanol–water partition coefficient (Wildman–Crippen LogP) is -1.88. The van der Waals surface area contributed by atoms with Gasteiger partial charge in [-0.1, -0.05) is 0 Å². The number of carbonyl (C=O) groups excluding carboxylic acids is 1. The zero-order chi connectivity index (χ0) is 11.8. The van der Waals surface area contributed by atoms with Crippen LogP contribution in [-0.2, 0) is 11.3 Å². The van der Waals surface area contributed by atoms with Crippen molar-refractivity contribution in [3.63, 3.8) is 0 Å². The van der Waals surface area contributed by atoms with E-state index in [4.69, 9.17) is 0 Å². The monoisotopic (exact) mass is 269 g/mol. The Morgan fingerprint density at radius 3 is 2.53 bits per heavy atom. The molecular weight excluding hydrogens is 251 g/mol. The van der Waals surface area contributed by atoms with E-state index < -0.39 is 0 Å². The Morgan fingerprint density at radius 2 is 2.00 bits per heavy atom. The van der Waals surface area contributed by atoms with Gasteiger partial charge in [0.05, 0.1) is 0 Å². The van der Waals surface area contributed by atoms with Crippen molar-refractivity contribution in [1.29, 1.82) is 0 Å². The molecule has 1 amide bonds. The first kappa shape index (κ1) is 16.7. The molecule has 2 bridgehead atoms. The normalized spacial score (nSPS) is 24.8. The molecule has 2 fully saturated rings. The first-order valence-electron chi connectivity index (χ1n) is 6.20. The molecule has 0 spiro atoms. The number of amides is 1. The van der Waals surface area contributed by atoms with Gasteiger partial charge in [0, 0.05) is 38.6 Å². The molecule has 19 heavy (non-hydrogen) atoms. The van der Waals surface area contributed by atoms with E-state index in [1.165, 1.54) is 5.56 Å². The third-order valence-electron chi connectivity index (χ3n) is 3.93. The average Bonchev–Trinajstić information content (AvgIpc) is 2.89. The van der Waals surface area contributed by atoms with Crippen molar-refractivity contribution in [3.8, 4) is 0 Å². The summed E-state index contributed by atoms with van der Waals surface area (Å²) in [6.07, 6.45) is 1.15.